The van der Waals surface area contributed by atoms with Crippen molar-refractivity contribution in [3.63, 3.8) is 0 Å². The molecule has 1 unspecified atom stereocenters. The summed E-state index contributed by atoms with van der Waals surface area (Å²) in [7, 11) is 3.27. The van der Waals surface area contributed by atoms with Gasteiger partial charge in [0.1, 0.15) is 17.1 Å². The number of ether oxygens (including phenoxy) is 2. The lowest BCUT2D eigenvalue weighted by atomic mass is 10.0. The molecule has 1 fully saturated rings. The number of hydrogen-bond acceptors (Lipinski definition) is 5. The van der Waals surface area contributed by atoms with Crippen LogP contribution in [0, 0.1) is 0 Å². The molecule has 1 aliphatic heterocycles. The molecule has 7 heteroatoms. The van der Waals surface area contributed by atoms with Gasteiger partial charge in [-0.3, -0.25) is 4.79 Å². The largest absolute Gasteiger partial charge is 0.497 e. The number of fused-ring (bicyclic) bond motifs is 1. The van der Waals surface area contributed by atoms with E-state index in [1.54, 1.807) is 31.1 Å². The van der Waals surface area contributed by atoms with E-state index in [-0.39, 0.29) is 11.9 Å². The highest BCUT2D eigenvalue weighted by molar-refractivity contribution is 6.00. The van der Waals surface area contributed by atoms with E-state index in [9.17, 15) is 4.79 Å². The average molecular weight is 428 g/mol. The summed E-state index contributed by atoms with van der Waals surface area (Å²) in [5.74, 6) is 1.37. The number of amides is 1. The van der Waals surface area contributed by atoms with Gasteiger partial charge in [-0.1, -0.05) is 30.3 Å². The van der Waals surface area contributed by atoms with Gasteiger partial charge in [-0.25, -0.2) is 9.50 Å². The van der Waals surface area contributed by atoms with E-state index in [1.165, 1.54) is 0 Å². The van der Waals surface area contributed by atoms with Gasteiger partial charge in [-0.15, -0.1) is 0 Å². The third-order valence-corrected chi connectivity index (χ3v) is 6.01. The smallest absolute Gasteiger partial charge is 0.259 e. The summed E-state index contributed by atoms with van der Waals surface area (Å²) >= 11 is 0. The fraction of sp³-hybridized carbons (Fsp3) is 0.240. The Bertz CT molecular complexity index is 1270. The zero-order valence-corrected chi connectivity index (χ0v) is 18.1. The summed E-state index contributed by atoms with van der Waals surface area (Å²) in [6, 6.07) is 17.6. The maximum atomic E-state index is 13.6. The highest BCUT2D eigenvalue weighted by atomic mass is 16.5. The third-order valence-electron chi connectivity index (χ3n) is 6.01. The Kier molecular flexibility index (Phi) is 5.23. The summed E-state index contributed by atoms with van der Waals surface area (Å²) in [5.41, 5.74) is 3.95. The summed E-state index contributed by atoms with van der Waals surface area (Å²) in [6.45, 7) is 0.675. The predicted octanol–water partition coefficient (Wildman–Crippen LogP) is 4.39. The maximum absolute atomic E-state index is 13.6. The normalized spacial score (nSPS) is 15.8. The van der Waals surface area contributed by atoms with E-state index >= 15 is 0 Å². The van der Waals surface area contributed by atoms with Crippen LogP contribution in [0.2, 0.25) is 0 Å². The van der Waals surface area contributed by atoms with Crippen molar-refractivity contribution in [3.05, 3.63) is 78.1 Å². The lowest BCUT2D eigenvalue weighted by Gasteiger charge is -2.26. The molecule has 2 aromatic heterocycles. The van der Waals surface area contributed by atoms with E-state index < -0.39 is 0 Å². The van der Waals surface area contributed by atoms with Crippen molar-refractivity contribution in [2.75, 3.05) is 20.8 Å². The molecule has 4 aromatic rings. The summed E-state index contributed by atoms with van der Waals surface area (Å²) in [4.78, 5) is 20.0. The molecular weight excluding hydrogens is 404 g/mol. The quantitative estimate of drug-likeness (QED) is 0.472. The van der Waals surface area contributed by atoms with Gasteiger partial charge in [0.05, 0.1) is 32.2 Å². The van der Waals surface area contributed by atoms with Crippen molar-refractivity contribution < 1.29 is 14.3 Å². The first kappa shape index (κ1) is 20.1. The molecular formula is C25H24N4O3. The van der Waals surface area contributed by atoms with E-state index in [2.05, 4.69) is 10.1 Å². The molecule has 7 nitrogen and oxygen atoms in total. The number of likely N-dealkylation sites (tertiary alicyclic amines) is 1. The second-order valence-corrected chi connectivity index (χ2v) is 7.75. The maximum Gasteiger partial charge on any atom is 0.259 e. The molecule has 1 aliphatic rings. The van der Waals surface area contributed by atoms with Crippen molar-refractivity contribution in [2.45, 2.75) is 18.9 Å². The Morgan fingerprint density at radius 3 is 2.69 bits per heavy atom. The number of benzene rings is 2. The lowest BCUT2D eigenvalue weighted by Crippen LogP contribution is -2.30. The van der Waals surface area contributed by atoms with Gasteiger partial charge >= 0.3 is 0 Å². The number of carbonyl (C=O) groups excluding carboxylic acids is 1. The van der Waals surface area contributed by atoms with Gasteiger partial charge in [-0.05, 0) is 31.0 Å². The molecule has 162 valence electrons. The Labute approximate surface area is 186 Å². The fourth-order valence-electron chi connectivity index (χ4n) is 4.45. The van der Waals surface area contributed by atoms with Crippen LogP contribution in [0.15, 0.2) is 67.0 Å². The molecule has 1 saturated heterocycles. The second-order valence-electron chi connectivity index (χ2n) is 7.75. The first-order valence-electron chi connectivity index (χ1n) is 10.6. The van der Waals surface area contributed by atoms with Crippen LogP contribution in [-0.4, -0.2) is 46.2 Å². The number of rotatable bonds is 5. The van der Waals surface area contributed by atoms with Gasteiger partial charge in [0.2, 0.25) is 0 Å². The number of nitrogens with zero attached hydrogens (tertiary/aromatic N) is 4. The van der Waals surface area contributed by atoms with Gasteiger partial charge in [0, 0.05) is 29.9 Å². The van der Waals surface area contributed by atoms with Crippen molar-refractivity contribution in [1.29, 1.82) is 0 Å². The molecule has 1 atom stereocenters. The topological polar surface area (TPSA) is 69.0 Å². The highest BCUT2D eigenvalue weighted by Gasteiger charge is 2.34. The van der Waals surface area contributed by atoms with Gasteiger partial charge < -0.3 is 14.4 Å². The molecule has 0 saturated carbocycles. The number of methoxy groups -OCH3 is 2. The fourth-order valence-corrected chi connectivity index (χ4v) is 4.45. The SMILES string of the molecule is COc1ccc(C2CCCN2C(=O)c2cnn3c(-c4ccccc4)ccnc23)c(OC)c1. The van der Waals surface area contributed by atoms with Gasteiger partial charge in [-0.2, -0.15) is 5.10 Å². The monoisotopic (exact) mass is 428 g/mol. The van der Waals surface area contributed by atoms with E-state index in [1.807, 2.05) is 59.5 Å². The van der Waals surface area contributed by atoms with Crippen LogP contribution in [-0.2, 0) is 0 Å². The Morgan fingerprint density at radius 1 is 1.06 bits per heavy atom. The molecule has 0 bridgehead atoms. The number of aromatic nitrogens is 3. The Balaban J connectivity index is 1.52. The zero-order chi connectivity index (χ0) is 22.1. The Hall–Kier alpha value is -3.87. The highest BCUT2D eigenvalue weighted by Crippen LogP contribution is 2.39. The van der Waals surface area contributed by atoms with Gasteiger partial charge in [0.15, 0.2) is 5.65 Å². The molecule has 32 heavy (non-hydrogen) atoms. The van der Waals surface area contributed by atoms with Crippen molar-refractivity contribution >= 4 is 11.6 Å². The van der Waals surface area contributed by atoms with Crippen molar-refractivity contribution in [1.82, 2.24) is 19.5 Å². The van der Waals surface area contributed by atoms with E-state index in [0.717, 1.165) is 41.2 Å². The standard InChI is InChI=1S/C25H24N4O3/c1-31-18-10-11-19(23(15-18)32-2)22-9-6-14-28(22)25(30)20-16-27-29-21(12-13-26-24(20)29)17-7-4-3-5-8-17/h3-5,7-8,10-13,15-16,22H,6,9,14H2,1-2H3. The summed E-state index contributed by atoms with van der Waals surface area (Å²) in [5, 5.41) is 4.51. The van der Waals surface area contributed by atoms with Crippen LogP contribution in [0.3, 0.4) is 0 Å². The molecule has 2 aromatic carbocycles. The van der Waals surface area contributed by atoms with E-state index in [0.29, 0.717) is 17.8 Å². The third kappa shape index (κ3) is 3.36. The summed E-state index contributed by atoms with van der Waals surface area (Å²) in [6.07, 6.45) is 5.14. The second kappa shape index (κ2) is 8.34. The van der Waals surface area contributed by atoms with Crippen LogP contribution < -0.4 is 9.47 Å². The molecule has 0 spiro atoms. The molecule has 0 N–H and O–H groups in total. The van der Waals surface area contributed by atoms with Crippen molar-refractivity contribution in [2.24, 2.45) is 0 Å². The zero-order valence-electron chi connectivity index (χ0n) is 18.1. The Morgan fingerprint density at radius 2 is 1.91 bits per heavy atom. The molecule has 0 aliphatic carbocycles. The van der Waals surface area contributed by atoms with Gasteiger partial charge in [0.25, 0.3) is 5.91 Å². The first-order chi connectivity index (χ1) is 15.7. The minimum absolute atomic E-state index is 0.0712. The van der Waals surface area contributed by atoms with Crippen LogP contribution >= 0.6 is 0 Å². The minimum Gasteiger partial charge on any atom is -0.497 e. The number of hydrogen-bond donors (Lipinski definition) is 0. The van der Waals surface area contributed by atoms with Crippen LogP contribution in [0.4, 0.5) is 0 Å². The van der Waals surface area contributed by atoms with Crippen LogP contribution in [0.5, 0.6) is 11.5 Å². The molecule has 1 amide bonds. The first-order valence-corrected chi connectivity index (χ1v) is 10.6. The minimum atomic E-state index is -0.0735. The van der Waals surface area contributed by atoms with Crippen LogP contribution in [0.25, 0.3) is 16.9 Å². The molecule has 3 heterocycles. The van der Waals surface area contributed by atoms with E-state index in [4.69, 9.17) is 9.47 Å². The number of carbonyl (C=O) groups is 1. The summed E-state index contributed by atoms with van der Waals surface area (Å²) < 4.78 is 12.7. The molecule has 5 rings (SSSR count). The van der Waals surface area contributed by atoms with Crippen LogP contribution in [0.1, 0.15) is 34.8 Å². The molecule has 0 radical (unpaired) electrons. The van der Waals surface area contributed by atoms with Crippen molar-refractivity contribution in [3.8, 4) is 22.8 Å². The lowest BCUT2D eigenvalue weighted by molar-refractivity contribution is 0.0736. The average Bonchev–Trinajstić information content (AvgIpc) is 3.51. The predicted molar refractivity (Wildman–Crippen MR) is 121 cm³/mol.